The SMILES string of the molecule is Cc1nn(-c2ccccc2)c2sc(C(=O)Nc3ccc(C4CCCCC4)cc3)cc12. The fourth-order valence-electron chi connectivity index (χ4n) is 4.37. The first-order valence-electron chi connectivity index (χ1n) is 10.6. The highest BCUT2D eigenvalue weighted by Crippen LogP contribution is 2.34. The van der Waals surface area contributed by atoms with E-state index in [9.17, 15) is 4.79 Å². The summed E-state index contributed by atoms with van der Waals surface area (Å²) in [6.07, 6.45) is 6.59. The predicted octanol–water partition coefficient (Wildman–Crippen LogP) is 6.70. The van der Waals surface area contributed by atoms with Crippen LogP contribution >= 0.6 is 11.3 Å². The molecule has 1 saturated carbocycles. The maximum Gasteiger partial charge on any atom is 0.265 e. The highest BCUT2D eigenvalue weighted by molar-refractivity contribution is 7.20. The van der Waals surface area contributed by atoms with Crippen molar-refractivity contribution in [2.45, 2.75) is 44.9 Å². The first kappa shape index (κ1) is 19.1. The summed E-state index contributed by atoms with van der Waals surface area (Å²) in [7, 11) is 0. The topological polar surface area (TPSA) is 46.9 Å². The maximum atomic E-state index is 12.9. The standard InChI is InChI=1S/C25H25N3OS/c1-17-22-16-23(30-25(22)28(27-17)21-10-6-3-7-11-21)24(29)26-20-14-12-19(13-15-20)18-8-4-2-5-9-18/h3,6-7,10-16,18H,2,4-5,8-9H2,1H3,(H,26,29). The minimum atomic E-state index is -0.0689. The Kier molecular flexibility index (Phi) is 5.13. The molecule has 4 aromatic rings. The van der Waals surface area contributed by atoms with Gasteiger partial charge in [0.2, 0.25) is 0 Å². The highest BCUT2D eigenvalue weighted by atomic mass is 32.1. The minimum absolute atomic E-state index is 0.0689. The molecule has 2 aromatic heterocycles. The van der Waals surface area contributed by atoms with Crippen LogP contribution in [0.3, 0.4) is 0 Å². The second-order valence-electron chi connectivity index (χ2n) is 8.07. The highest BCUT2D eigenvalue weighted by Gasteiger charge is 2.18. The predicted molar refractivity (Wildman–Crippen MR) is 124 cm³/mol. The van der Waals surface area contributed by atoms with Gasteiger partial charge in [0.1, 0.15) is 4.83 Å². The van der Waals surface area contributed by atoms with Crippen LogP contribution in [0.5, 0.6) is 0 Å². The number of rotatable bonds is 4. The Bertz CT molecular complexity index is 1170. The third-order valence-corrected chi connectivity index (χ3v) is 7.12. The van der Waals surface area contributed by atoms with Crippen molar-refractivity contribution >= 4 is 33.1 Å². The second-order valence-corrected chi connectivity index (χ2v) is 9.10. The van der Waals surface area contributed by atoms with E-state index in [2.05, 4.69) is 22.5 Å². The molecular formula is C25H25N3OS. The van der Waals surface area contributed by atoms with Gasteiger partial charge in [-0.05, 0) is 61.6 Å². The fourth-order valence-corrected chi connectivity index (χ4v) is 5.45. The zero-order valence-corrected chi connectivity index (χ0v) is 17.9. The first-order valence-corrected chi connectivity index (χ1v) is 11.5. The molecule has 2 aromatic carbocycles. The Morgan fingerprint density at radius 2 is 1.77 bits per heavy atom. The van der Waals surface area contributed by atoms with Crippen molar-refractivity contribution in [1.29, 1.82) is 0 Å². The Hall–Kier alpha value is -2.92. The Balaban J connectivity index is 1.36. The van der Waals surface area contributed by atoms with Crippen LogP contribution in [0, 0.1) is 6.92 Å². The van der Waals surface area contributed by atoms with E-state index >= 15 is 0 Å². The summed E-state index contributed by atoms with van der Waals surface area (Å²) in [5, 5.41) is 8.74. The number of para-hydroxylation sites is 1. The normalized spacial score (nSPS) is 14.8. The van der Waals surface area contributed by atoms with E-state index in [0.717, 1.165) is 27.3 Å². The summed E-state index contributed by atoms with van der Waals surface area (Å²) in [6.45, 7) is 1.99. The third-order valence-electron chi connectivity index (χ3n) is 6.01. The molecule has 4 nitrogen and oxygen atoms in total. The number of nitrogens with one attached hydrogen (secondary N) is 1. The van der Waals surface area contributed by atoms with Crippen LogP contribution in [0.4, 0.5) is 5.69 Å². The molecule has 5 rings (SSSR count). The number of hydrogen-bond donors (Lipinski definition) is 1. The number of nitrogens with zero attached hydrogens (tertiary/aromatic N) is 2. The van der Waals surface area contributed by atoms with Gasteiger partial charge in [0.15, 0.2) is 0 Å². The van der Waals surface area contributed by atoms with Crippen molar-refractivity contribution in [3.05, 3.63) is 76.8 Å². The van der Waals surface area contributed by atoms with Crippen LogP contribution in [0.1, 0.15) is 59.0 Å². The number of carbonyl (C=O) groups is 1. The van der Waals surface area contributed by atoms with Crippen molar-refractivity contribution in [1.82, 2.24) is 9.78 Å². The molecule has 30 heavy (non-hydrogen) atoms. The largest absolute Gasteiger partial charge is 0.321 e. The lowest BCUT2D eigenvalue weighted by atomic mass is 9.84. The Morgan fingerprint density at radius 1 is 1.03 bits per heavy atom. The van der Waals surface area contributed by atoms with Crippen LogP contribution in [0.15, 0.2) is 60.7 Å². The Labute approximate surface area is 180 Å². The van der Waals surface area contributed by atoms with E-state index in [0.29, 0.717) is 10.8 Å². The number of aromatic nitrogens is 2. The van der Waals surface area contributed by atoms with Crippen LogP contribution in [-0.4, -0.2) is 15.7 Å². The number of amides is 1. The molecule has 0 radical (unpaired) electrons. The molecular weight excluding hydrogens is 390 g/mol. The molecule has 1 aliphatic rings. The number of aryl methyl sites for hydroxylation is 1. The van der Waals surface area contributed by atoms with E-state index in [1.807, 2.05) is 60.1 Å². The molecule has 0 bridgehead atoms. The molecule has 5 heteroatoms. The molecule has 1 fully saturated rings. The molecule has 0 atom stereocenters. The van der Waals surface area contributed by atoms with Gasteiger partial charge in [0.05, 0.1) is 16.3 Å². The lowest BCUT2D eigenvalue weighted by Crippen LogP contribution is -2.10. The van der Waals surface area contributed by atoms with E-state index in [1.165, 1.54) is 49.0 Å². The van der Waals surface area contributed by atoms with Crippen molar-refractivity contribution in [2.24, 2.45) is 0 Å². The van der Waals surface area contributed by atoms with E-state index < -0.39 is 0 Å². The van der Waals surface area contributed by atoms with Gasteiger partial charge in [-0.1, -0.05) is 49.6 Å². The average Bonchev–Trinajstić information content (AvgIpc) is 3.36. The molecule has 1 amide bonds. The van der Waals surface area contributed by atoms with Gasteiger partial charge in [0, 0.05) is 11.1 Å². The van der Waals surface area contributed by atoms with Crippen LogP contribution in [0.2, 0.25) is 0 Å². The monoisotopic (exact) mass is 415 g/mol. The van der Waals surface area contributed by atoms with Crippen LogP contribution in [-0.2, 0) is 0 Å². The molecule has 2 heterocycles. The summed E-state index contributed by atoms with van der Waals surface area (Å²) >= 11 is 1.48. The Morgan fingerprint density at radius 3 is 2.50 bits per heavy atom. The minimum Gasteiger partial charge on any atom is -0.321 e. The summed E-state index contributed by atoms with van der Waals surface area (Å²) in [5.74, 6) is 0.607. The molecule has 1 N–H and O–H groups in total. The third kappa shape index (κ3) is 3.65. The fraction of sp³-hybridized carbons (Fsp3) is 0.280. The lowest BCUT2D eigenvalue weighted by Gasteiger charge is -2.22. The second kappa shape index (κ2) is 8.07. The van der Waals surface area contributed by atoms with Gasteiger partial charge >= 0.3 is 0 Å². The van der Waals surface area contributed by atoms with Gasteiger partial charge in [-0.25, -0.2) is 4.68 Å². The van der Waals surface area contributed by atoms with Gasteiger partial charge in [-0.2, -0.15) is 5.10 Å². The van der Waals surface area contributed by atoms with E-state index in [1.54, 1.807) is 0 Å². The van der Waals surface area contributed by atoms with Crippen LogP contribution < -0.4 is 5.32 Å². The quantitative estimate of drug-likeness (QED) is 0.403. The summed E-state index contributed by atoms with van der Waals surface area (Å²) in [5.41, 5.74) is 4.18. The lowest BCUT2D eigenvalue weighted by molar-refractivity contribution is 0.103. The summed E-state index contributed by atoms with van der Waals surface area (Å²) < 4.78 is 1.92. The van der Waals surface area contributed by atoms with Crippen molar-refractivity contribution < 1.29 is 4.79 Å². The molecule has 1 aliphatic carbocycles. The van der Waals surface area contributed by atoms with E-state index in [4.69, 9.17) is 0 Å². The van der Waals surface area contributed by atoms with Gasteiger partial charge < -0.3 is 5.32 Å². The van der Waals surface area contributed by atoms with Gasteiger partial charge in [-0.15, -0.1) is 11.3 Å². The molecule has 0 unspecified atom stereocenters. The zero-order valence-electron chi connectivity index (χ0n) is 17.1. The van der Waals surface area contributed by atoms with Crippen molar-refractivity contribution in [2.75, 3.05) is 5.32 Å². The zero-order chi connectivity index (χ0) is 20.5. The van der Waals surface area contributed by atoms with Gasteiger partial charge in [-0.3, -0.25) is 4.79 Å². The number of thiophene rings is 1. The summed E-state index contributed by atoms with van der Waals surface area (Å²) in [4.78, 5) is 14.6. The summed E-state index contributed by atoms with van der Waals surface area (Å²) in [6, 6.07) is 20.4. The smallest absolute Gasteiger partial charge is 0.265 e. The van der Waals surface area contributed by atoms with Crippen molar-refractivity contribution in [3.63, 3.8) is 0 Å². The maximum absolute atomic E-state index is 12.9. The molecule has 0 saturated heterocycles. The number of anilines is 1. The first-order chi connectivity index (χ1) is 14.7. The number of benzene rings is 2. The van der Waals surface area contributed by atoms with Gasteiger partial charge in [0.25, 0.3) is 5.91 Å². The van der Waals surface area contributed by atoms with Crippen LogP contribution in [0.25, 0.3) is 15.9 Å². The molecule has 0 spiro atoms. The number of fused-ring (bicyclic) bond motifs is 1. The molecule has 152 valence electrons. The van der Waals surface area contributed by atoms with E-state index in [-0.39, 0.29) is 5.91 Å². The average molecular weight is 416 g/mol. The number of carbonyl (C=O) groups excluding carboxylic acids is 1. The van der Waals surface area contributed by atoms with Crippen molar-refractivity contribution in [3.8, 4) is 5.69 Å². The number of hydrogen-bond acceptors (Lipinski definition) is 3. The molecule has 0 aliphatic heterocycles.